The summed E-state index contributed by atoms with van der Waals surface area (Å²) in [5.41, 5.74) is 16.1. The highest BCUT2D eigenvalue weighted by Gasteiger charge is 2.14. The fourth-order valence-corrected chi connectivity index (χ4v) is 3.96. The van der Waals surface area contributed by atoms with Crippen LogP contribution in [0.1, 0.15) is 50.4 Å². The minimum absolute atomic E-state index is 0.0491. The molecular formula is C28H30N8O3. The van der Waals surface area contributed by atoms with Gasteiger partial charge >= 0.3 is 0 Å². The number of hydrogen-bond acceptors (Lipinski definition) is 9. The fourth-order valence-electron chi connectivity index (χ4n) is 3.96. The molecule has 0 aliphatic heterocycles. The maximum absolute atomic E-state index is 12.6. The number of rotatable bonds is 11. The largest absolute Gasteiger partial charge is 0.382 e. The minimum atomic E-state index is -0.647. The van der Waals surface area contributed by atoms with E-state index in [9.17, 15) is 14.4 Å². The van der Waals surface area contributed by atoms with Crippen molar-refractivity contribution in [3.05, 3.63) is 82.7 Å². The number of nitrogens with one attached hydrogen (secondary N) is 2. The lowest BCUT2D eigenvalue weighted by atomic mass is 10.1. The van der Waals surface area contributed by atoms with Crippen LogP contribution in [-0.4, -0.2) is 50.6 Å². The highest BCUT2D eigenvalue weighted by molar-refractivity contribution is 5.95. The number of fused-ring (bicyclic) bond motifs is 1. The number of nitrogen functional groups attached to an aromatic ring is 2. The number of aldehydes is 1. The molecule has 0 spiro atoms. The molecule has 4 aromatic rings. The van der Waals surface area contributed by atoms with Crippen LogP contribution in [0.4, 0.5) is 11.8 Å². The molecule has 2 aromatic heterocycles. The summed E-state index contributed by atoms with van der Waals surface area (Å²) in [7, 11) is 0. The third-order valence-corrected chi connectivity index (χ3v) is 6.16. The first kappa shape index (κ1) is 27.1. The number of nitrogens with zero attached hydrogens (tertiary/aromatic N) is 4. The van der Waals surface area contributed by atoms with Gasteiger partial charge in [-0.05, 0) is 62.4 Å². The van der Waals surface area contributed by atoms with Gasteiger partial charge in [0.15, 0.2) is 17.0 Å². The molecule has 0 radical (unpaired) electrons. The van der Waals surface area contributed by atoms with E-state index in [4.69, 9.17) is 11.5 Å². The van der Waals surface area contributed by atoms with Crippen LogP contribution in [0.2, 0.25) is 0 Å². The van der Waals surface area contributed by atoms with Crippen molar-refractivity contribution >= 4 is 41.0 Å². The Hall–Kier alpha value is -4.93. The molecule has 2 aromatic carbocycles. The lowest BCUT2D eigenvalue weighted by Gasteiger charge is -2.13. The molecule has 11 nitrogen and oxygen atoms in total. The van der Waals surface area contributed by atoms with Gasteiger partial charge in [0.25, 0.3) is 11.8 Å². The Morgan fingerprint density at radius 1 is 0.923 bits per heavy atom. The quantitative estimate of drug-likeness (QED) is 0.168. The third kappa shape index (κ3) is 7.31. The summed E-state index contributed by atoms with van der Waals surface area (Å²) in [5, 5.41) is 5.58. The summed E-state index contributed by atoms with van der Waals surface area (Å²) in [6.45, 7) is 2.36. The van der Waals surface area contributed by atoms with Crippen molar-refractivity contribution in [3.8, 4) is 0 Å². The van der Waals surface area contributed by atoms with E-state index in [-0.39, 0.29) is 23.6 Å². The van der Waals surface area contributed by atoms with Gasteiger partial charge in [-0.25, -0.2) is 9.97 Å². The predicted octanol–water partition coefficient (Wildman–Crippen LogP) is 2.19. The second kappa shape index (κ2) is 12.5. The van der Waals surface area contributed by atoms with Gasteiger partial charge in [-0.2, -0.15) is 9.97 Å². The first-order chi connectivity index (χ1) is 18.8. The zero-order valence-corrected chi connectivity index (χ0v) is 21.6. The van der Waals surface area contributed by atoms with Gasteiger partial charge in [0.1, 0.15) is 6.29 Å². The van der Waals surface area contributed by atoms with Gasteiger partial charge < -0.3 is 26.9 Å². The standard InChI is InChI=1S/C28H30N8O3/c1-17-4-9-19(10-5-17)26(38)31-14-2-3-22(16-37)34-27(39)20-11-6-18(7-12-20)8-13-21-15-32-25-23(33-21)24(29)35-28(30)36-25/h4-7,9-12,15-16,22H,2-3,8,13-14H2,1H3,(H,31,38)(H,34,39)(H4,29,30,32,35,36). The fraction of sp³-hybridized carbons (Fsp3) is 0.250. The lowest BCUT2D eigenvalue weighted by Crippen LogP contribution is -2.36. The SMILES string of the molecule is Cc1ccc(C(=O)NCCCC(C=O)NC(=O)c2ccc(CCc3cnc4nc(N)nc(N)c4n3)cc2)cc1. The molecule has 200 valence electrons. The zero-order valence-electron chi connectivity index (χ0n) is 21.6. The second-order valence-corrected chi connectivity index (χ2v) is 9.18. The predicted molar refractivity (Wildman–Crippen MR) is 148 cm³/mol. The van der Waals surface area contributed by atoms with Crippen molar-refractivity contribution in [1.82, 2.24) is 30.6 Å². The number of hydrogen-bond donors (Lipinski definition) is 4. The molecule has 0 bridgehead atoms. The first-order valence-corrected chi connectivity index (χ1v) is 12.6. The summed E-state index contributed by atoms with van der Waals surface area (Å²) < 4.78 is 0. The number of aromatic nitrogens is 4. The van der Waals surface area contributed by atoms with Gasteiger partial charge in [-0.1, -0.05) is 29.8 Å². The molecule has 2 amide bonds. The molecule has 0 saturated heterocycles. The Bertz CT molecular complexity index is 1470. The number of anilines is 2. The minimum Gasteiger partial charge on any atom is -0.382 e. The van der Waals surface area contributed by atoms with E-state index in [2.05, 4.69) is 30.6 Å². The first-order valence-electron chi connectivity index (χ1n) is 12.6. The number of carbonyl (C=O) groups is 3. The molecule has 0 aliphatic carbocycles. The smallest absolute Gasteiger partial charge is 0.251 e. The van der Waals surface area contributed by atoms with E-state index < -0.39 is 6.04 Å². The topological polar surface area (TPSA) is 179 Å². The van der Waals surface area contributed by atoms with Gasteiger partial charge in [-0.3, -0.25) is 9.59 Å². The highest BCUT2D eigenvalue weighted by atomic mass is 16.2. The van der Waals surface area contributed by atoms with Crippen LogP contribution in [-0.2, 0) is 17.6 Å². The van der Waals surface area contributed by atoms with Crippen LogP contribution >= 0.6 is 0 Å². The van der Waals surface area contributed by atoms with Gasteiger partial charge in [-0.15, -0.1) is 0 Å². The molecule has 6 N–H and O–H groups in total. The van der Waals surface area contributed by atoms with E-state index in [1.54, 1.807) is 30.5 Å². The lowest BCUT2D eigenvalue weighted by molar-refractivity contribution is -0.109. The average molecular weight is 527 g/mol. The maximum atomic E-state index is 12.6. The third-order valence-electron chi connectivity index (χ3n) is 6.16. The van der Waals surface area contributed by atoms with Crippen molar-refractivity contribution < 1.29 is 14.4 Å². The Labute approximate surface area is 225 Å². The molecular weight excluding hydrogens is 496 g/mol. The number of aryl methyl sites for hydroxylation is 3. The van der Waals surface area contributed by atoms with Crippen molar-refractivity contribution in [2.45, 2.75) is 38.6 Å². The van der Waals surface area contributed by atoms with E-state index in [1.807, 2.05) is 31.2 Å². The zero-order chi connectivity index (χ0) is 27.8. The molecule has 2 heterocycles. The molecule has 4 rings (SSSR count). The van der Waals surface area contributed by atoms with Gasteiger partial charge in [0, 0.05) is 17.7 Å². The van der Waals surface area contributed by atoms with Crippen LogP contribution in [0.25, 0.3) is 11.2 Å². The molecule has 0 fully saturated rings. The molecule has 1 atom stereocenters. The van der Waals surface area contributed by atoms with Crippen molar-refractivity contribution in [2.75, 3.05) is 18.0 Å². The van der Waals surface area contributed by atoms with Crippen LogP contribution < -0.4 is 22.1 Å². The van der Waals surface area contributed by atoms with E-state index in [1.165, 1.54) is 0 Å². The normalized spacial score (nSPS) is 11.6. The van der Waals surface area contributed by atoms with E-state index >= 15 is 0 Å². The van der Waals surface area contributed by atoms with E-state index in [0.29, 0.717) is 60.8 Å². The van der Waals surface area contributed by atoms with Crippen LogP contribution in [0, 0.1) is 6.92 Å². The monoisotopic (exact) mass is 526 g/mol. The number of amides is 2. The number of carbonyl (C=O) groups excluding carboxylic acids is 3. The van der Waals surface area contributed by atoms with Crippen molar-refractivity contribution in [3.63, 3.8) is 0 Å². The summed E-state index contributed by atoms with van der Waals surface area (Å²) >= 11 is 0. The number of nitrogens with two attached hydrogens (primary N) is 2. The molecule has 1 unspecified atom stereocenters. The van der Waals surface area contributed by atoms with Crippen molar-refractivity contribution in [2.24, 2.45) is 0 Å². The molecule has 39 heavy (non-hydrogen) atoms. The van der Waals surface area contributed by atoms with Crippen LogP contribution in [0.15, 0.2) is 54.7 Å². The Morgan fingerprint density at radius 3 is 2.33 bits per heavy atom. The van der Waals surface area contributed by atoms with Crippen molar-refractivity contribution in [1.29, 1.82) is 0 Å². The van der Waals surface area contributed by atoms with Crippen LogP contribution in [0.3, 0.4) is 0 Å². The second-order valence-electron chi connectivity index (χ2n) is 9.18. The maximum Gasteiger partial charge on any atom is 0.251 e. The van der Waals surface area contributed by atoms with Crippen LogP contribution in [0.5, 0.6) is 0 Å². The summed E-state index contributed by atoms with van der Waals surface area (Å²) in [6, 6.07) is 13.8. The van der Waals surface area contributed by atoms with E-state index in [0.717, 1.165) is 16.8 Å². The highest BCUT2D eigenvalue weighted by Crippen LogP contribution is 2.16. The molecule has 0 saturated carbocycles. The molecule has 11 heteroatoms. The Balaban J connectivity index is 1.23. The summed E-state index contributed by atoms with van der Waals surface area (Å²) in [4.78, 5) is 53.1. The summed E-state index contributed by atoms with van der Waals surface area (Å²) in [5.74, 6) is -0.272. The Morgan fingerprint density at radius 2 is 1.62 bits per heavy atom. The number of benzene rings is 2. The summed E-state index contributed by atoms with van der Waals surface area (Å²) in [6.07, 6.45) is 4.57. The molecule has 0 aliphatic rings. The van der Waals surface area contributed by atoms with Gasteiger partial charge in [0.05, 0.1) is 17.9 Å². The van der Waals surface area contributed by atoms with Gasteiger partial charge in [0.2, 0.25) is 5.95 Å². The Kier molecular flexibility index (Phi) is 8.72. The average Bonchev–Trinajstić information content (AvgIpc) is 2.94.